The maximum absolute atomic E-state index is 9.77. The Morgan fingerprint density at radius 3 is 2.73 bits per heavy atom. The molecule has 1 atom stereocenters. The maximum atomic E-state index is 9.77. The normalized spacial score (nSPS) is 34.5. The maximum Gasteiger partial charge on any atom is 0.0622 e. The fraction of sp³-hybridized carbons (Fsp3) is 0.800. The third-order valence-corrected chi connectivity index (χ3v) is 2.38. The summed E-state index contributed by atoms with van der Waals surface area (Å²) in [5.74, 6) is -0.674. The van der Waals surface area contributed by atoms with E-state index < -0.39 is 11.5 Å². The predicted molar refractivity (Wildman–Crippen MR) is 47.4 cm³/mol. The SMILES string of the molecule is [2H]C1(C(C)(C)O)CC=C(C)CC1. The van der Waals surface area contributed by atoms with E-state index in [0.29, 0.717) is 6.42 Å². The molecule has 1 aliphatic rings. The summed E-state index contributed by atoms with van der Waals surface area (Å²) >= 11 is 0. The summed E-state index contributed by atoms with van der Waals surface area (Å²) in [5.41, 5.74) is 0.464. The standard InChI is InChI=1S/C10H18O/c1-8-4-6-9(7-5-8)10(2,3)11/h4,9,11H,5-7H2,1-3H3/i9D. The molecule has 0 bridgehead atoms. The molecule has 0 aromatic heterocycles. The van der Waals surface area contributed by atoms with E-state index in [9.17, 15) is 5.11 Å². The minimum Gasteiger partial charge on any atom is -0.390 e. The van der Waals surface area contributed by atoms with E-state index in [4.69, 9.17) is 1.37 Å². The van der Waals surface area contributed by atoms with Crippen LogP contribution in [0.1, 0.15) is 41.4 Å². The van der Waals surface area contributed by atoms with Crippen molar-refractivity contribution in [2.45, 2.75) is 45.6 Å². The van der Waals surface area contributed by atoms with Crippen LogP contribution in [-0.4, -0.2) is 10.7 Å². The fourth-order valence-electron chi connectivity index (χ4n) is 1.41. The van der Waals surface area contributed by atoms with Gasteiger partial charge in [0.1, 0.15) is 0 Å². The van der Waals surface area contributed by atoms with Crippen molar-refractivity contribution in [3.8, 4) is 0 Å². The van der Waals surface area contributed by atoms with Crippen LogP contribution in [0.15, 0.2) is 11.6 Å². The van der Waals surface area contributed by atoms with Crippen LogP contribution in [0.2, 0.25) is 0 Å². The topological polar surface area (TPSA) is 20.2 Å². The lowest BCUT2D eigenvalue weighted by Gasteiger charge is -2.31. The molecule has 1 rings (SSSR count). The number of hydrogen-bond donors (Lipinski definition) is 1. The van der Waals surface area contributed by atoms with Gasteiger partial charge < -0.3 is 5.11 Å². The van der Waals surface area contributed by atoms with Crippen molar-refractivity contribution >= 4 is 0 Å². The molecule has 0 aliphatic heterocycles. The van der Waals surface area contributed by atoms with Crippen molar-refractivity contribution in [1.29, 1.82) is 0 Å². The van der Waals surface area contributed by atoms with E-state index in [0.717, 1.165) is 12.8 Å². The first-order valence-electron chi connectivity index (χ1n) is 4.73. The molecule has 1 N–H and O–H groups in total. The predicted octanol–water partition coefficient (Wildman–Crippen LogP) is 2.50. The third kappa shape index (κ3) is 2.33. The molecule has 11 heavy (non-hydrogen) atoms. The Labute approximate surface area is 70.5 Å². The summed E-state index contributed by atoms with van der Waals surface area (Å²) in [6, 6.07) is 0. The summed E-state index contributed by atoms with van der Waals surface area (Å²) in [4.78, 5) is 0. The Balaban J connectivity index is 2.77. The van der Waals surface area contributed by atoms with Crippen LogP contribution in [0.3, 0.4) is 0 Å². The van der Waals surface area contributed by atoms with E-state index in [1.165, 1.54) is 5.57 Å². The van der Waals surface area contributed by atoms with Gasteiger partial charge in [-0.2, -0.15) is 0 Å². The molecular weight excluding hydrogens is 136 g/mol. The summed E-state index contributed by atoms with van der Waals surface area (Å²) in [6.45, 7) is 5.55. The monoisotopic (exact) mass is 155 g/mol. The highest BCUT2D eigenvalue weighted by Gasteiger charge is 2.27. The fourth-order valence-corrected chi connectivity index (χ4v) is 1.41. The summed E-state index contributed by atoms with van der Waals surface area (Å²) in [5, 5.41) is 9.77. The second-order valence-electron chi connectivity index (χ2n) is 3.92. The minimum absolute atomic E-state index is 0.674. The number of allylic oxidation sites excluding steroid dienone is 2. The average molecular weight is 155 g/mol. The van der Waals surface area contributed by atoms with Gasteiger partial charge in [-0.25, -0.2) is 0 Å². The summed E-state index contributed by atoms with van der Waals surface area (Å²) < 4.78 is 8.07. The van der Waals surface area contributed by atoms with Gasteiger partial charge in [0.15, 0.2) is 0 Å². The van der Waals surface area contributed by atoms with Crippen molar-refractivity contribution < 1.29 is 6.48 Å². The van der Waals surface area contributed by atoms with Crippen LogP contribution in [-0.2, 0) is 0 Å². The summed E-state index contributed by atoms with van der Waals surface area (Å²) in [6.07, 6.45) is 4.49. The van der Waals surface area contributed by atoms with Crippen LogP contribution >= 0.6 is 0 Å². The van der Waals surface area contributed by atoms with Crippen LogP contribution in [0.4, 0.5) is 0 Å². The van der Waals surface area contributed by atoms with Gasteiger partial charge in [0.25, 0.3) is 0 Å². The molecule has 0 saturated carbocycles. The van der Waals surface area contributed by atoms with Crippen LogP contribution < -0.4 is 0 Å². The highest BCUT2D eigenvalue weighted by molar-refractivity contribution is 5.04. The van der Waals surface area contributed by atoms with Crippen molar-refractivity contribution in [2.24, 2.45) is 5.89 Å². The number of rotatable bonds is 1. The zero-order valence-corrected chi connectivity index (χ0v) is 7.65. The van der Waals surface area contributed by atoms with Crippen molar-refractivity contribution in [3.05, 3.63) is 11.6 Å². The van der Waals surface area contributed by atoms with E-state index in [-0.39, 0.29) is 0 Å². The van der Waals surface area contributed by atoms with Gasteiger partial charge in [-0.05, 0) is 45.9 Å². The highest BCUT2D eigenvalue weighted by atomic mass is 16.3. The Morgan fingerprint density at radius 2 is 2.36 bits per heavy atom. The molecule has 0 heterocycles. The van der Waals surface area contributed by atoms with Crippen molar-refractivity contribution in [1.82, 2.24) is 0 Å². The molecule has 1 unspecified atom stereocenters. The molecule has 1 heteroatoms. The first kappa shape index (κ1) is 7.35. The van der Waals surface area contributed by atoms with Gasteiger partial charge in [0, 0.05) is 1.37 Å². The van der Waals surface area contributed by atoms with Gasteiger partial charge in [-0.1, -0.05) is 11.6 Å². The second kappa shape index (κ2) is 2.98. The second-order valence-corrected chi connectivity index (χ2v) is 3.92. The lowest BCUT2D eigenvalue weighted by atomic mass is 9.80. The van der Waals surface area contributed by atoms with Gasteiger partial charge in [0.05, 0.1) is 5.60 Å². The van der Waals surface area contributed by atoms with E-state index >= 15 is 0 Å². The lowest BCUT2D eigenvalue weighted by molar-refractivity contribution is 0.0126. The van der Waals surface area contributed by atoms with Crippen LogP contribution in [0.25, 0.3) is 0 Å². The van der Waals surface area contributed by atoms with Crippen molar-refractivity contribution in [2.75, 3.05) is 0 Å². The van der Waals surface area contributed by atoms with Crippen LogP contribution in [0.5, 0.6) is 0 Å². The van der Waals surface area contributed by atoms with E-state index in [1.807, 2.05) is 0 Å². The molecule has 64 valence electrons. The molecule has 0 radical (unpaired) electrons. The molecule has 0 aromatic rings. The molecule has 0 spiro atoms. The van der Waals surface area contributed by atoms with Crippen LogP contribution in [0, 0.1) is 5.89 Å². The molecule has 0 fully saturated rings. The highest BCUT2D eigenvalue weighted by Crippen LogP contribution is 2.31. The van der Waals surface area contributed by atoms with Gasteiger partial charge >= 0.3 is 0 Å². The quantitative estimate of drug-likeness (QED) is 0.577. The zero-order chi connectivity index (χ0) is 9.41. The number of aliphatic hydroxyl groups is 1. The first-order valence-corrected chi connectivity index (χ1v) is 4.23. The Kier molecular flexibility index (Phi) is 1.99. The molecule has 0 aromatic carbocycles. The van der Waals surface area contributed by atoms with Gasteiger partial charge in [-0.3, -0.25) is 0 Å². The molecule has 0 amide bonds. The van der Waals surface area contributed by atoms with E-state index in [2.05, 4.69) is 13.0 Å². The lowest BCUT2D eigenvalue weighted by Crippen LogP contribution is -2.31. The third-order valence-electron chi connectivity index (χ3n) is 2.38. The van der Waals surface area contributed by atoms with Gasteiger partial charge in [-0.15, -0.1) is 0 Å². The Bertz CT molecular complexity index is 202. The summed E-state index contributed by atoms with van der Waals surface area (Å²) in [7, 11) is 0. The molecule has 1 nitrogen and oxygen atoms in total. The first-order chi connectivity index (χ1) is 5.35. The molecular formula is C10H18O. The number of hydrogen-bond acceptors (Lipinski definition) is 1. The zero-order valence-electron chi connectivity index (χ0n) is 8.65. The van der Waals surface area contributed by atoms with E-state index in [1.54, 1.807) is 13.8 Å². The largest absolute Gasteiger partial charge is 0.390 e. The van der Waals surface area contributed by atoms with Gasteiger partial charge in [0.2, 0.25) is 0 Å². The molecule has 1 aliphatic carbocycles. The average Bonchev–Trinajstić information content (AvgIpc) is 1.93. The smallest absolute Gasteiger partial charge is 0.0622 e. The Hall–Kier alpha value is -0.300. The Morgan fingerprint density at radius 1 is 1.73 bits per heavy atom. The van der Waals surface area contributed by atoms with Crippen molar-refractivity contribution in [3.63, 3.8) is 0 Å². The molecule has 0 saturated heterocycles. The minimum atomic E-state index is -0.885.